The molecule has 0 aliphatic heterocycles. The Kier molecular flexibility index (Phi) is 3.43. The molecular weight excluding hydrogens is 257 g/mol. The van der Waals surface area contributed by atoms with Crippen LogP contribution in [0.1, 0.15) is 10.4 Å². The van der Waals surface area contributed by atoms with Crippen LogP contribution in [0.15, 0.2) is 36.4 Å². The smallest absolute Gasteiger partial charge is 0.258 e. The normalized spacial score (nSPS) is 10.1. The number of hydrogen-bond acceptors (Lipinski definition) is 3. The maximum atomic E-state index is 12.9. The molecule has 0 saturated carbocycles. The lowest BCUT2D eigenvalue weighted by atomic mass is 10.1. The second-order valence-corrected chi connectivity index (χ2v) is 3.97. The summed E-state index contributed by atoms with van der Waals surface area (Å²) in [6.07, 6.45) is 0. The van der Waals surface area contributed by atoms with Crippen molar-refractivity contribution in [3.8, 4) is 0 Å². The van der Waals surface area contributed by atoms with Gasteiger partial charge in [-0.25, -0.2) is 4.98 Å². The van der Waals surface area contributed by atoms with Crippen LogP contribution < -0.4 is 11.1 Å². The molecular formula is C12H9ClFN3O. The Hall–Kier alpha value is -2.14. The Labute approximate surface area is 108 Å². The lowest BCUT2D eigenvalue weighted by Gasteiger charge is -2.07. The van der Waals surface area contributed by atoms with Gasteiger partial charge in [0.1, 0.15) is 5.82 Å². The number of halogens is 2. The zero-order valence-corrected chi connectivity index (χ0v) is 9.91. The van der Waals surface area contributed by atoms with Gasteiger partial charge in [0.05, 0.1) is 5.56 Å². The number of nitrogens with zero attached hydrogens (tertiary/aromatic N) is 1. The zero-order valence-electron chi connectivity index (χ0n) is 9.15. The van der Waals surface area contributed by atoms with Gasteiger partial charge in [0.25, 0.3) is 5.91 Å². The Bertz CT molecular complexity index is 604. The van der Waals surface area contributed by atoms with Gasteiger partial charge in [-0.15, -0.1) is 0 Å². The number of nitrogen functional groups attached to an aromatic ring is 1. The summed E-state index contributed by atoms with van der Waals surface area (Å²) < 4.78 is 12.9. The van der Waals surface area contributed by atoms with Crippen molar-refractivity contribution in [3.63, 3.8) is 0 Å². The third-order valence-electron chi connectivity index (χ3n) is 2.22. The third kappa shape index (κ3) is 2.75. The summed E-state index contributed by atoms with van der Waals surface area (Å²) in [6.45, 7) is 0. The monoisotopic (exact) mass is 265 g/mol. The van der Waals surface area contributed by atoms with Gasteiger partial charge < -0.3 is 11.1 Å². The van der Waals surface area contributed by atoms with Crippen molar-refractivity contribution in [2.24, 2.45) is 0 Å². The van der Waals surface area contributed by atoms with Crippen molar-refractivity contribution in [2.45, 2.75) is 0 Å². The first-order valence-corrected chi connectivity index (χ1v) is 5.43. The maximum absolute atomic E-state index is 12.9. The second-order valence-electron chi connectivity index (χ2n) is 3.53. The van der Waals surface area contributed by atoms with Gasteiger partial charge in [-0.05, 0) is 30.3 Å². The predicted molar refractivity (Wildman–Crippen MR) is 68.0 cm³/mol. The highest BCUT2D eigenvalue weighted by Crippen LogP contribution is 2.19. The molecule has 0 aliphatic carbocycles. The number of aromatic nitrogens is 1. The molecule has 1 heterocycles. The Morgan fingerprint density at radius 1 is 1.33 bits per heavy atom. The molecule has 3 N–H and O–H groups in total. The van der Waals surface area contributed by atoms with E-state index in [0.717, 1.165) is 0 Å². The van der Waals surface area contributed by atoms with Gasteiger partial charge in [0, 0.05) is 10.7 Å². The van der Waals surface area contributed by atoms with E-state index in [1.807, 2.05) is 0 Å². The van der Waals surface area contributed by atoms with Crippen LogP contribution in [0.25, 0.3) is 0 Å². The van der Waals surface area contributed by atoms with Crippen molar-refractivity contribution >= 4 is 29.0 Å². The van der Waals surface area contributed by atoms with Gasteiger partial charge in [-0.2, -0.15) is 4.39 Å². The SMILES string of the molecule is Nc1ccc(Cl)cc1C(=O)Nc1cccc(F)n1. The van der Waals surface area contributed by atoms with Crippen LogP contribution in [0, 0.1) is 5.95 Å². The molecule has 1 aromatic heterocycles. The molecule has 0 radical (unpaired) electrons. The topological polar surface area (TPSA) is 68.0 Å². The van der Waals surface area contributed by atoms with Crippen molar-refractivity contribution in [3.05, 3.63) is 52.9 Å². The molecule has 0 atom stereocenters. The van der Waals surface area contributed by atoms with Gasteiger partial charge >= 0.3 is 0 Å². The third-order valence-corrected chi connectivity index (χ3v) is 2.45. The molecule has 2 aromatic rings. The van der Waals surface area contributed by atoms with Gasteiger partial charge in [0.15, 0.2) is 0 Å². The summed E-state index contributed by atoms with van der Waals surface area (Å²) in [4.78, 5) is 15.4. The summed E-state index contributed by atoms with van der Waals surface area (Å²) in [6, 6.07) is 8.64. The molecule has 1 aromatic carbocycles. The molecule has 0 bridgehead atoms. The highest BCUT2D eigenvalue weighted by Gasteiger charge is 2.11. The number of hydrogen-bond donors (Lipinski definition) is 2. The van der Waals surface area contributed by atoms with E-state index >= 15 is 0 Å². The molecule has 0 fully saturated rings. The number of rotatable bonds is 2. The molecule has 0 saturated heterocycles. The van der Waals surface area contributed by atoms with Crippen LogP contribution in [0.2, 0.25) is 5.02 Å². The Morgan fingerprint density at radius 3 is 2.83 bits per heavy atom. The number of anilines is 2. The standard InChI is InChI=1S/C12H9ClFN3O/c13-7-4-5-9(15)8(6-7)12(18)17-11-3-1-2-10(14)16-11/h1-6H,15H2,(H,16,17,18). The number of benzene rings is 1. The molecule has 6 heteroatoms. The highest BCUT2D eigenvalue weighted by atomic mass is 35.5. The predicted octanol–water partition coefficient (Wildman–Crippen LogP) is 2.71. The number of nitrogens with two attached hydrogens (primary N) is 1. The van der Waals surface area contributed by atoms with E-state index in [9.17, 15) is 9.18 Å². The molecule has 0 spiro atoms. The number of amides is 1. The van der Waals surface area contributed by atoms with Crippen molar-refractivity contribution in [1.82, 2.24) is 4.98 Å². The first kappa shape index (κ1) is 12.3. The van der Waals surface area contributed by atoms with Crippen LogP contribution in [0.5, 0.6) is 0 Å². The first-order chi connectivity index (χ1) is 8.56. The molecule has 1 amide bonds. The molecule has 0 aliphatic rings. The van der Waals surface area contributed by atoms with Crippen molar-refractivity contribution in [2.75, 3.05) is 11.1 Å². The fourth-order valence-electron chi connectivity index (χ4n) is 1.39. The molecule has 4 nitrogen and oxygen atoms in total. The largest absolute Gasteiger partial charge is 0.398 e. The van der Waals surface area contributed by atoms with Crippen LogP contribution >= 0.6 is 11.6 Å². The lowest BCUT2D eigenvalue weighted by molar-refractivity contribution is 0.102. The minimum atomic E-state index is -0.674. The first-order valence-electron chi connectivity index (χ1n) is 5.05. The number of carbonyl (C=O) groups is 1. The van der Waals surface area contributed by atoms with Gasteiger partial charge in [-0.3, -0.25) is 4.79 Å². The van der Waals surface area contributed by atoms with E-state index < -0.39 is 11.9 Å². The van der Waals surface area contributed by atoms with Crippen LogP contribution in [-0.2, 0) is 0 Å². The molecule has 2 rings (SSSR count). The zero-order chi connectivity index (χ0) is 13.1. The summed E-state index contributed by atoms with van der Waals surface area (Å²) in [5, 5.41) is 2.83. The highest BCUT2D eigenvalue weighted by molar-refractivity contribution is 6.31. The van der Waals surface area contributed by atoms with Crippen molar-refractivity contribution < 1.29 is 9.18 Å². The molecule has 92 valence electrons. The van der Waals surface area contributed by atoms with E-state index in [0.29, 0.717) is 5.02 Å². The van der Waals surface area contributed by atoms with Gasteiger partial charge in [0.2, 0.25) is 5.95 Å². The van der Waals surface area contributed by atoms with Crippen molar-refractivity contribution in [1.29, 1.82) is 0 Å². The van der Waals surface area contributed by atoms with Crippen LogP contribution in [-0.4, -0.2) is 10.9 Å². The number of pyridine rings is 1. The average Bonchev–Trinajstić information content (AvgIpc) is 2.32. The minimum Gasteiger partial charge on any atom is -0.398 e. The molecule has 0 unspecified atom stereocenters. The minimum absolute atomic E-state index is 0.111. The second kappa shape index (κ2) is 5.01. The number of nitrogens with one attached hydrogen (secondary N) is 1. The number of carbonyl (C=O) groups excluding carboxylic acids is 1. The summed E-state index contributed by atoms with van der Waals surface area (Å²) in [5.74, 6) is -1.06. The van der Waals surface area contributed by atoms with Crippen LogP contribution in [0.3, 0.4) is 0 Å². The lowest BCUT2D eigenvalue weighted by Crippen LogP contribution is -2.15. The van der Waals surface area contributed by atoms with Gasteiger partial charge in [-0.1, -0.05) is 17.7 Å². The quantitative estimate of drug-likeness (QED) is 0.648. The fourth-order valence-corrected chi connectivity index (χ4v) is 1.56. The van der Waals surface area contributed by atoms with E-state index in [4.69, 9.17) is 17.3 Å². The summed E-state index contributed by atoms with van der Waals surface area (Å²) in [7, 11) is 0. The van der Waals surface area contributed by atoms with E-state index in [2.05, 4.69) is 10.3 Å². The fraction of sp³-hybridized carbons (Fsp3) is 0. The average molecular weight is 266 g/mol. The van der Waals surface area contributed by atoms with E-state index in [-0.39, 0.29) is 17.1 Å². The Morgan fingerprint density at radius 2 is 2.11 bits per heavy atom. The summed E-state index contributed by atoms with van der Waals surface area (Å²) in [5.41, 5.74) is 6.16. The van der Waals surface area contributed by atoms with Crippen LogP contribution in [0.4, 0.5) is 15.9 Å². The van der Waals surface area contributed by atoms with E-state index in [1.165, 1.54) is 30.3 Å². The molecule has 18 heavy (non-hydrogen) atoms. The van der Waals surface area contributed by atoms with E-state index in [1.54, 1.807) is 6.07 Å². The maximum Gasteiger partial charge on any atom is 0.258 e. The Balaban J connectivity index is 2.24. The summed E-state index contributed by atoms with van der Waals surface area (Å²) >= 11 is 5.78.